The molecule has 1 unspecified atom stereocenters. The van der Waals surface area contributed by atoms with Crippen LogP contribution in [-0.4, -0.2) is 31.9 Å². The molecule has 1 atom stereocenters. The van der Waals surface area contributed by atoms with Crippen molar-refractivity contribution in [2.24, 2.45) is 0 Å². The fraction of sp³-hybridized carbons (Fsp3) is 0.500. The highest BCUT2D eigenvalue weighted by molar-refractivity contribution is 7.09. The fourth-order valence-electron chi connectivity index (χ4n) is 2.67. The van der Waals surface area contributed by atoms with Gasteiger partial charge in [-0.25, -0.2) is 9.97 Å². The van der Waals surface area contributed by atoms with Crippen molar-refractivity contribution < 1.29 is 4.79 Å². The standard InChI is InChI=1S/C14H18N4OS/c19-13(4-8-17-9-5-15-11-17)18-7-2-1-3-12(18)14-16-6-10-20-14/h5-6,9-12H,1-4,7-8H2. The number of hydrogen-bond donors (Lipinski definition) is 0. The second-order valence-electron chi connectivity index (χ2n) is 5.02. The van der Waals surface area contributed by atoms with Crippen molar-refractivity contribution in [1.29, 1.82) is 0 Å². The molecule has 5 nitrogen and oxygen atoms in total. The minimum absolute atomic E-state index is 0.180. The number of aromatic nitrogens is 3. The van der Waals surface area contributed by atoms with Gasteiger partial charge in [0.15, 0.2) is 0 Å². The highest BCUT2D eigenvalue weighted by Crippen LogP contribution is 2.32. The lowest BCUT2D eigenvalue weighted by Crippen LogP contribution is -2.38. The molecule has 2 aromatic heterocycles. The first-order chi connectivity index (χ1) is 9.84. The molecule has 2 aromatic rings. The predicted molar refractivity (Wildman–Crippen MR) is 77.3 cm³/mol. The molecule has 1 amide bonds. The average molecular weight is 290 g/mol. The summed E-state index contributed by atoms with van der Waals surface area (Å²) in [6.45, 7) is 1.55. The summed E-state index contributed by atoms with van der Waals surface area (Å²) in [5, 5.41) is 3.05. The smallest absolute Gasteiger partial charge is 0.224 e. The number of nitrogens with zero attached hydrogens (tertiary/aromatic N) is 4. The van der Waals surface area contributed by atoms with E-state index in [2.05, 4.69) is 9.97 Å². The van der Waals surface area contributed by atoms with Crippen molar-refractivity contribution >= 4 is 17.2 Å². The number of imidazole rings is 1. The Labute approximate surface area is 122 Å². The first kappa shape index (κ1) is 13.3. The summed E-state index contributed by atoms with van der Waals surface area (Å²) in [5.74, 6) is 0.221. The van der Waals surface area contributed by atoms with Crippen LogP contribution < -0.4 is 0 Å². The minimum Gasteiger partial charge on any atom is -0.337 e. The lowest BCUT2D eigenvalue weighted by molar-refractivity contribution is -0.135. The Morgan fingerprint density at radius 2 is 2.35 bits per heavy atom. The molecule has 1 aliphatic heterocycles. The van der Waals surface area contributed by atoms with Gasteiger partial charge in [-0.15, -0.1) is 11.3 Å². The maximum Gasteiger partial charge on any atom is 0.224 e. The normalized spacial score (nSPS) is 19.2. The van der Waals surface area contributed by atoms with E-state index in [0.29, 0.717) is 13.0 Å². The molecule has 106 valence electrons. The van der Waals surface area contributed by atoms with Crippen molar-refractivity contribution in [3.63, 3.8) is 0 Å². The molecule has 0 aromatic carbocycles. The number of piperidine rings is 1. The molecule has 1 saturated heterocycles. The van der Waals surface area contributed by atoms with Crippen LogP contribution in [0, 0.1) is 0 Å². The van der Waals surface area contributed by atoms with E-state index in [4.69, 9.17) is 0 Å². The van der Waals surface area contributed by atoms with E-state index in [0.717, 1.165) is 24.4 Å². The molecule has 0 N–H and O–H groups in total. The summed E-state index contributed by atoms with van der Waals surface area (Å²) in [4.78, 5) is 22.9. The Hall–Kier alpha value is -1.69. The van der Waals surface area contributed by atoms with E-state index in [1.165, 1.54) is 6.42 Å². The molecule has 0 bridgehead atoms. The van der Waals surface area contributed by atoms with Gasteiger partial charge < -0.3 is 9.47 Å². The van der Waals surface area contributed by atoms with Crippen LogP contribution in [-0.2, 0) is 11.3 Å². The van der Waals surface area contributed by atoms with Crippen molar-refractivity contribution in [2.75, 3.05) is 6.54 Å². The van der Waals surface area contributed by atoms with Crippen LogP contribution in [0.25, 0.3) is 0 Å². The number of hydrogen-bond acceptors (Lipinski definition) is 4. The van der Waals surface area contributed by atoms with Crippen LogP contribution in [0.15, 0.2) is 30.3 Å². The summed E-state index contributed by atoms with van der Waals surface area (Å²) < 4.78 is 1.94. The number of aryl methyl sites for hydroxylation is 1. The molecule has 1 aliphatic rings. The van der Waals surface area contributed by atoms with Crippen molar-refractivity contribution in [3.8, 4) is 0 Å². The molecular formula is C14H18N4OS. The first-order valence-corrected chi connectivity index (χ1v) is 7.87. The van der Waals surface area contributed by atoms with Gasteiger partial charge in [0, 0.05) is 43.5 Å². The van der Waals surface area contributed by atoms with Gasteiger partial charge in [-0.3, -0.25) is 4.79 Å². The molecule has 6 heteroatoms. The number of rotatable bonds is 4. The molecule has 20 heavy (non-hydrogen) atoms. The van der Waals surface area contributed by atoms with Crippen molar-refractivity contribution in [1.82, 2.24) is 19.4 Å². The molecule has 0 spiro atoms. The third kappa shape index (κ3) is 2.90. The largest absolute Gasteiger partial charge is 0.337 e. The maximum absolute atomic E-state index is 12.5. The Morgan fingerprint density at radius 1 is 1.40 bits per heavy atom. The van der Waals surface area contributed by atoms with Gasteiger partial charge in [-0.1, -0.05) is 0 Å². The Balaban J connectivity index is 1.65. The van der Waals surface area contributed by atoms with Crippen LogP contribution in [0.2, 0.25) is 0 Å². The van der Waals surface area contributed by atoms with E-state index < -0.39 is 0 Å². The van der Waals surface area contributed by atoms with Gasteiger partial charge in [-0.2, -0.15) is 0 Å². The summed E-state index contributed by atoms with van der Waals surface area (Å²) >= 11 is 1.65. The van der Waals surface area contributed by atoms with Crippen LogP contribution in [0.3, 0.4) is 0 Å². The van der Waals surface area contributed by atoms with Gasteiger partial charge in [0.25, 0.3) is 0 Å². The monoisotopic (exact) mass is 290 g/mol. The zero-order valence-corrected chi connectivity index (χ0v) is 12.1. The number of carbonyl (C=O) groups is 1. The average Bonchev–Trinajstić information content (AvgIpc) is 3.18. The summed E-state index contributed by atoms with van der Waals surface area (Å²) in [6, 6.07) is 0.180. The Morgan fingerprint density at radius 3 is 3.10 bits per heavy atom. The SMILES string of the molecule is O=C(CCn1ccnc1)N1CCCCC1c1nccs1. The van der Waals surface area contributed by atoms with E-state index >= 15 is 0 Å². The number of likely N-dealkylation sites (tertiary alicyclic amines) is 1. The van der Waals surface area contributed by atoms with E-state index in [-0.39, 0.29) is 11.9 Å². The third-order valence-corrected chi connectivity index (χ3v) is 4.58. The summed E-state index contributed by atoms with van der Waals surface area (Å²) in [7, 11) is 0. The maximum atomic E-state index is 12.5. The minimum atomic E-state index is 0.180. The predicted octanol–water partition coefficient (Wildman–Crippen LogP) is 2.48. The molecular weight excluding hydrogens is 272 g/mol. The Kier molecular flexibility index (Phi) is 4.11. The highest BCUT2D eigenvalue weighted by Gasteiger charge is 2.29. The molecule has 3 rings (SSSR count). The van der Waals surface area contributed by atoms with Gasteiger partial charge in [-0.05, 0) is 19.3 Å². The lowest BCUT2D eigenvalue weighted by Gasteiger charge is -2.34. The first-order valence-electron chi connectivity index (χ1n) is 6.99. The lowest BCUT2D eigenvalue weighted by atomic mass is 10.0. The summed E-state index contributed by atoms with van der Waals surface area (Å²) in [6.07, 6.45) is 11.0. The molecule has 3 heterocycles. The molecule has 1 fully saturated rings. The van der Waals surface area contributed by atoms with Crippen LogP contribution >= 0.6 is 11.3 Å². The number of amides is 1. The van der Waals surface area contributed by atoms with Crippen molar-refractivity contribution in [2.45, 2.75) is 38.3 Å². The van der Waals surface area contributed by atoms with Crippen LogP contribution in [0.5, 0.6) is 0 Å². The number of carbonyl (C=O) groups excluding carboxylic acids is 1. The van der Waals surface area contributed by atoms with Gasteiger partial charge in [0.05, 0.1) is 12.4 Å². The van der Waals surface area contributed by atoms with E-state index in [1.54, 1.807) is 23.9 Å². The topological polar surface area (TPSA) is 51.0 Å². The highest BCUT2D eigenvalue weighted by atomic mass is 32.1. The van der Waals surface area contributed by atoms with Gasteiger partial charge in [0.1, 0.15) is 5.01 Å². The van der Waals surface area contributed by atoms with E-state index in [1.807, 2.05) is 27.2 Å². The molecule has 0 saturated carbocycles. The number of thiazole rings is 1. The van der Waals surface area contributed by atoms with Crippen molar-refractivity contribution in [3.05, 3.63) is 35.3 Å². The van der Waals surface area contributed by atoms with Crippen LogP contribution in [0.1, 0.15) is 36.7 Å². The zero-order chi connectivity index (χ0) is 13.8. The van der Waals surface area contributed by atoms with Crippen LogP contribution in [0.4, 0.5) is 0 Å². The molecule has 0 aliphatic carbocycles. The van der Waals surface area contributed by atoms with Gasteiger partial charge >= 0.3 is 0 Å². The quantitative estimate of drug-likeness (QED) is 0.869. The Bertz CT molecular complexity index is 538. The zero-order valence-electron chi connectivity index (χ0n) is 11.3. The van der Waals surface area contributed by atoms with Gasteiger partial charge in [0.2, 0.25) is 5.91 Å². The second-order valence-corrected chi connectivity index (χ2v) is 5.95. The summed E-state index contributed by atoms with van der Waals surface area (Å²) in [5.41, 5.74) is 0. The molecule has 0 radical (unpaired) electrons. The fourth-order valence-corrected chi connectivity index (χ4v) is 3.46. The van der Waals surface area contributed by atoms with E-state index in [9.17, 15) is 4.79 Å². The third-order valence-electron chi connectivity index (χ3n) is 3.70. The second kappa shape index (κ2) is 6.17.